The quantitative estimate of drug-likeness (QED) is 0.355. The predicted octanol–water partition coefficient (Wildman–Crippen LogP) is 6.16. The van der Waals surface area contributed by atoms with Crippen molar-refractivity contribution in [3.05, 3.63) is 76.4 Å². The van der Waals surface area contributed by atoms with E-state index in [9.17, 15) is 5.11 Å². The maximum atomic E-state index is 9.82. The molecule has 166 valence electrons. The molecule has 0 amide bonds. The highest BCUT2D eigenvalue weighted by Gasteiger charge is 2.23. The van der Waals surface area contributed by atoms with E-state index in [1.807, 2.05) is 37.3 Å². The summed E-state index contributed by atoms with van der Waals surface area (Å²) in [6.07, 6.45) is 0.789. The fourth-order valence-corrected chi connectivity index (χ4v) is 4.27. The number of aliphatic hydroxyl groups excluding tert-OH is 1. The van der Waals surface area contributed by atoms with Crippen LogP contribution in [0.25, 0.3) is 22.4 Å². The molecule has 0 saturated heterocycles. The number of benzene rings is 2. The first-order valence-electron chi connectivity index (χ1n) is 11.0. The van der Waals surface area contributed by atoms with Gasteiger partial charge in [-0.25, -0.2) is 9.97 Å². The van der Waals surface area contributed by atoms with E-state index in [1.165, 1.54) is 5.56 Å². The summed E-state index contributed by atoms with van der Waals surface area (Å²) in [5.74, 6) is 1.38. The van der Waals surface area contributed by atoms with Crippen molar-refractivity contribution in [2.75, 3.05) is 11.9 Å². The largest absolute Gasteiger partial charge is 0.394 e. The number of fused-ring (bicyclic) bond motifs is 1. The molecule has 0 aliphatic heterocycles. The molecule has 4 aromatic rings. The number of aryl methyl sites for hydroxylation is 1. The minimum Gasteiger partial charge on any atom is -0.394 e. The number of aliphatic hydroxyl groups is 1. The van der Waals surface area contributed by atoms with Crippen LogP contribution in [-0.4, -0.2) is 32.3 Å². The van der Waals surface area contributed by atoms with Gasteiger partial charge in [0.15, 0.2) is 5.82 Å². The first kappa shape index (κ1) is 22.3. The summed E-state index contributed by atoms with van der Waals surface area (Å²) in [6.45, 7) is 8.53. The summed E-state index contributed by atoms with van der Waals surface area (Å²) in [5.41, 5.74) is 5.29. The SMILES string of the molecule is CCC(CO)Nc1nc(-c2ccc(Cl)cc2)nc2c1c(C)c(C)n2[C@H](C)c1ccccc1. The van der Waals surface area contributed by atoms with Crippen LogP contribution in [-0.2, 0) is 0 Å². The van der Waals surface area contributed by atoms with Crippen LogP contribution < -0.4 is 5.32 Å². The van der Waals surface area contributed by atoms with Crippen molar-refractivity contribution in [3.63, 3.8) is 0 Å². The van der Waals surface area contributed by atoms with E-state index in [0.29, 0.717) is 10.8 Å². The number of nitrogens with one attached hydrogen (secondary N) is 1. The predicted molar refractivity (Wildman–Crippen MR) is 132 cm³/mol. The Bertz CT molecular complexity index is 1210. The zero-order chi connectivity index (χ0) is 22.8. The van der Waals surface area contributed by atoms with Crippen LogP contribution in [0.4, 0.5) is 5.82 Å². The van der Waals surface area contributed by atoms with Crippen molar-refractivity contribution in [2.45, 2.75) is 46.2 Å². The highest BCUT2D eigenvalue weighted by atomic mass is 35.5. The van der Waals surface area contributed by atoms with Crippen molar-refractivity contribution >= 4 is 28.5 Å². The first-order valence-corrected chi connectivity index (χ1v) is 11.4. The van der Waals surface area contributed by atoms with Gasteiger partial charge < -0.3 is 15.0 Å². The molecule has 0 bridgehead atoms. The van der Waals surface area contributed by atoms with Crippen molar-refractivity contribution in [1.82, 2.24) is 14.5 Å². The Balaban J connectivity index is 1.98. The van der Waals surface area contributed by atoms with Gasteiger partial charge in [-0.1, -0.05) is 48.9 Å². The highest BCUT2D eigenvalue weighted by molar-refractivity contribution is 6.30. The second-order valence-corrected chi connectivity index (χ2v) is 8.64. The number of hydrogen-bond acceptors (Lipinski definition) is 4. The Morgan fingerprint density at radius 1 is 1.03 bits per heavy atom. The fraction of sp³-hybridized carbons (Fsp3) is 0.308. The molecule has 2 aromatic carbocycles. The third kappa shape index (κ3) is 4.10. The van der Waals surface area contributed by atoms with Crippen LogP contribution in [0, 0.1) is 13.8 Å². The molecule has 0 aliphatic rings. The lowest BCUT2D eigenvalue weighted by Crippen LogP contribution is -2.23. The van der Waals surface area contributed by atoms with Crippen LogP contribution in [0.3, 0.4) is 0 Å². The molecule has 0 fully saturated rings. The summed E-state index contributed by atoms with van der Waals surface area (Å²) >= 11 is 6.11. The average Bonchev–Trinajstić information content (AvgIpc) is 3.07. The monoisotopic (exact) mass is 448 g/mol. The summed E-state index contributed by atoms with van der Waals surface area (Å²) in [7, 11) is 0. The summed E-state index contributed by atoms with van der Waals surface area (Å²) in [5, 5.41) is 14.9. The van der Waals surface area contributed by atoms with E-state index in [0.717, 1.165) is 40.1 Å². The average molecular weight is 449 g/mol. The number of hydrogen-bond donors (Lipinski definition) is 2. The van der Waals surface area contributed by atoms with E-state index in [1.54, 1.807) is 0 Å². The van der Waals surface area contributed by atoms with Crippen LogP contribution in [0.15, 0.2) is 54.6 Å². The van der Waals surface area contributed by atoms with Crippen molar-refractivity contribution in [3.8, 4) is 11.4 Å². The number of halogens is 1. The minimum absolute atomic E-state index is 0.0391. The number of anilines is 1. The molecular formula is C26H29ClN4O. The second kappa shape index (κ2) is 9.31. The number of aromatic nitrogens is 3. The van der Waals surface area contributed by atoms with Gasteiger partial charge in [0, 0.05) is 16.3 Å². The molecule has 4 rings (SSSR count). The molecule has 0 aliphatic carbocycles. The molecule has 2 atom stereocenters. The minimum atomic E-state index is -0.0826. The van der Waals surface area contributed by atoms with Crippen LogP contribution in [0.5, 0.6) is 0 Å². The molecule has 2 heterocycles. The second-order valence-electron chi connectivity index (χ2n) is 8.20. The Hall–Kier alpha value is -2.89. The number of rotatable bonds is 7. The standard InChI is InChI=1S/C26H29ClN4O/c1-5-22(15-32)28-25-23-16(2)17(3)31(18(4)19-9-7-6-8-10-19)26(23)30-24(29-25)20-11-13-21(27)14-12-20/h6-14,18,22,32H,5,15H2,1-4H3,(H,28,29,30)/t18-,22?/m1/s1. The maximum Gasteiger partial charge on any atom is 0.163 e. The van der Waals surface area contributed by atoms with Crippen molar-refractivity contribution in [2.24, 2.45) is 0 Å². The van der Waals surface area contributed by atoms with Crippen LogP contribution in [0.1, 0.15) is 43.1 Å². The normalized spacial score (nSPS) is 13.3. The van der Waals surface area contributed by atoms with Gasteiger partial charge in [-0.3, -0.25) is 0 Å². The van der Waals surface area contributed by atoms with E-state index in [-0.39, 0.29) is 18.7 Å². The topological polar surface area (TPSA) is 63.0 Å². The van der Waals surface area contributed by atoms with Crippen molar-refractivity contribution in [1.29, 1.82) is 0 Å². The molecule has 0 spiro atoms. The van der Waals surface area contributed by atoms with Crippen LogP contribution in [0.2, 0.25) is 5.02 Å². The van der Waals surface area contributed by atoms with Gasteiger partial charge in [0.05, 0.1) is 24.1 Å². The Labute approximate surface area is 194 Å². The van der Waals surface area contributed by atoms with Gasteiger partial charge in [0.2, 0.25) is 0 Å². The van der Waals surface area contributed by atoms with Crippen LogP contribution >= 0.6 is 11.6 Å². The van der Waals surface area contributed by atoms with Gasteiger partial charge in [-0.2, -0.15) is 0 Å². The zero-order valence-electron chi connectivity index (χ0n) is 18.9. The van der Waals surface area contributed by atoms with Gasteiger partial charge >= 0.3 is 0 Å². The molecule has 32 heavy (non-hydrogen) atoms. The van der Waals surface area contributed by atoms with Gasteiger partial charge in [-0.05, 0) is 62.6 Å². The molecule has 2 N–H and O–H groups in total. The Morgan fingerprint density at radius 3 is 2.34 bits per heavy atom. The highest BCUT2D eigenvalue weighted by Crippen LogP contribution is 2.35. The molecule has 0 saturated carbocycles. The van der Waals surface area contributed by atoms with Gasteiger partial charge in [0.25, 0.3) is 0 Å². The smallest absolute Gasteiger partial charge is 0.163 e. The zero-order valence-corrected chi connectivity index (χ0v) is 19.7. The summed E-state index contributed by atoms with van der Waals surface area (Å²) < 4.78 is 2.28. The first-order chi connectivity index (χ1) is 15.4. The Kier molecular flexibility index (Phi) is 6.49. The lowest BCUT2D eigenvalue weighted by Gasteiger charge is -2.19. The molecule has 1 unspecified atom stereocenters. The van der Waals surface area contributed by atoms with E-state index in [4.69, 9.17) is 21.6 Å². The lowest BCUT2D eigenvalue weighted by molar-refractivity contribution is 0.271. The third-order valence-corrected chi connectivity index (χ3v) is 6.47. The lowest BCUT2D eigenvalue weighted by atomic mass is 10.1. The van der Waals surface area contributed by atoms with Gasteiger partial charge in [-0.15, -0.1) is 0 Å². The van der Waals surface area contributed by atoms with Crippen molar-refractivity contribution < 1.29 is 5.11 Å². The van der Waals surface area contributed by atoms with E-state index < -0.39 is 0 Å². The summed E-state index contributed by atoms with van der Waals surface area (Å²) in [6, 6.07) is 18.0. The molecule has 0 radical (unpaired) electrons. The third-order valence-electron chi connectivity index (χ3n) is 6.22. The summed E-state index contributed by atoms with van der Waals surface area (Å²) in [4.78, 5) is 9.92. The van der Waals surface area contributed by atoms with E-state index in [2.05, 4.69) is 54.9 Å². The molecule has 6 heteroatoms. The number of nitrogens with zero attached hydrogens (tertiary/aromatic N) is 3. The maximum absolute atomic E-state index is 9.82. The Morgan fingerprint density at radius 2 is 1.72 bits per heavy atom. The van der Waals surface area contributed by atoms with Gasteiger partial charge in [0.1, 0.15) is 11.5 Å². The van der Waals surface area contributed by atoms with E-state index >= 15 is 0 Å². The fourth-order valence-electron chi connectivity index (χ4n) is 4.15. The molecule has 5 nitrogen and oxygen atoms in total. The molecular weight excluding hydrogens is 420 g/mol. The molecule has 2 aromatic heterocycles.